The van der Waals surface area contributed by atoms with Crippen molar-refractivity contribution >= 4 is 11.8 Å². The largest absolute Gasteiger partial charge is 0.393 e. The SMILES string of the molecule is COC[C@@H]1O[C@H](OC(C)(C)[C@H](O)CC[C@]2(C)C/C(=C3\CC[C@H]4[C@]5(C)CC[C@@H](C(C)(C)O[C@@H]6O[C@H](COC)[C@H](O)[C@H](O)[C@@H]6NC(C)=O)O[C@H]5[C@@H](O)C[C@]34C)CC[C@@H]2O)[C@H](NC(C)=O)[C@H](O)[C@@H]1O. The first-order chi connectivity index (χ1) is 30.7. The molecule has 380 valence electrons. The van der Waals surface area contributed by atoms with Crippen LogP contribution in [0.2, 0.25) is 0 Å². The molecule has 18 nitrogen and oxygen atoms in total. The van der Waals surface area contributed by atoms with Crippen molar-refractivity contribution < 1.29 is 78.5 Å². The smallest absolute Gasteiger partial charge is 0.217 e. The Morgan fingerprint density at radius 2 is 1.32 bits per heavy atom. The first-order valence-corrected chi connectivity index (χ1v) is 24.0. The Kier molecular flexibility index (Phi) is 16.6. The molecular weight excluding hydrogens is 861 g/mol. The molecule has 9 N–H and O–H groups in total. The lowest BCUT2D eigenvalue weighted by Gasteiger charge is -2.60. The molecule has 0 aromatic rings. The van der Waals surface area contributed by atoms with Crippen LogP contribution in [0.1, 0.15) is 127 Å². The van der Waals surface area contributed by atoms with Crippen LogP contribution in [0.15, 0.2) is 11.1 Å². The number of aliphatic hydroxyl groups excluding tert-OH is 7. The van der Waals surface area contributed by atoms with Crippen molar-refractivity contribution in [2.24, 2.45) is 22.2 Å². The molecule has 18 heteroatoms. The molecule has 19 atom stereocenters. The fourth-order valence-corrected chi connectivity index (χ4v) is 12.8. The summed E-state index contributed by atoms with van der Waals surface area (Å²) in [4.78, 5) is 24.2. The topological polar surface area (TPSA) is 264 Å². The minimum absolute atomic E-state index is 0.00395. The summed E-state index contributed by atoms with van der Waals surface area (Å²) in [7, 11) is 2.90. The third-order valence-corrected chi connectivity index (χ3v) is 16.6. The minimum Gasteiger partial charge on any atom is -0.393 e. The van der Waals surface area contributed by atoms with Crippen molar-refractivity contribution in [1.82, 2.24) is 10.6 Å². The van der Waals surface area contributed by atoms with Gasteiger partial charge in [0, 0.05) is 33.5 Å². The summed E-state index contributed by atoms with van der Waals surface area (Å²) in [6.45, 7) is 16.3. The van der Waals surface area contributed by atoms with Gasteiger partial charge >= 0.3 is 0 Å². The lowest BCUT2D eigenvalue weighted by molar-refractivity contribution is -0.324. The van der Waals surface area contributed by atoms with E-state index >= 15 is 0 Å². The summed E-state index contributed by atoms with van der Waals surface area (Å²) >= 11 is 0. The van der Waals surface area contributed by atoms with Gasteiger partial charge < -0.3 is 79.5 Å². The highest BCUT2D eigenvalue weighted by atomic mass is 16.7. The van der Waals surface area contributed by atoms with Crippen LogP contribution in [0, 0.1) is 22.2 Å². The quantitative estimate of drug-likeness (QED) is 0.105. The van der Waals surface area contributed by atoms with Crippen LogP contribution in [0.25, 0.3) is 0 Å². The molecule has 3 aliphatic heterocycles. The van der Waals surface area contributed by atoms with Crippen molar-refractivity contribution in [3.8, 4) is 0 Å². The Balaban J connectivity index is 1.14. The van der Waals surface area contributed by atoms with Crippen molar-refractivity contribution in [2.75, 3.05) is 27.4 Å². The molecule has 2 amide bonds. The standard InChI is InChI=1S/C48H82N2O16/c1-24(51)49-35-39(58)37(56)29(22-60-10)62-42(35)65-44(3,4)32(54)16-18-46(7)20-26(12-15-33(46)55)27-13-14-31-47(8)19-17-34(64-41(47)28(53)21-48(27,31)9)45(5,6)66-43-36(50-25(2)52)40(59)38(57)30(63-43)23-61-11/h28-43,53-59H,12-23H2,1-11H3,(H,49,51)(H,50,52)/b27-26+/t28-,29-,30+,31-,32+,33-,34-,35+,36-,37+,38-,39-,40+,41-,42+,43-,46+,47-,48+/m0/s1. The van der Waals surface area contributed by atoms with Gasteiger partial charge in [-0.15, -0.1) is 0 Å². The highest BCUT2D eigenvalue weighted by Crippen LogP contribution is 2.66. The molecule has 66 heavy (non-hydrogen) atoms. The van der Waals surface area contributed by atoms with Crippen LogP contribution >= 0.6 is 0 Å². The molecule has 0 aromatic heterocycles. The zero-order valence-corrected chi connectivity index (χ0v) is 41.0. The first kappa shape index (κ1) is 53.5. The van der Waals surface area contributed by atoms with E-state index in [0.29, 0.717) is 32.1 Å². The Hall–Kier alpha value is -1.88. The maximum Gasteiger partial charge on any atom is 0.217 e. The number of hydrogen-bond acceptors (Lipinski definition) is 16. The molecule has 0 spiro atoms. The van der Waals surface area contributed by atoms with Gasteiger partial charge in [-0.1, -0.05) is 31.9 Å². The van der Waals surface area contributed by atoms with Gasteiger partial charge in [0.2, 0.25) is 11.8 Å². The van der Waals surface area contributed by atoms with E-state index in [4.69, 9.17) is 33.2 Å². The van der Waals surface area contributed by atoms with Crippen LogP contribution in [-0.2, 0) is 42.7 Å². The highest BCUT2D eigenvalue weighted by Gasteiger charge is 2.64. The third kappa shape index (κ3) is 10.6. The van der Waals surface area contributed by atoms with Gasteiger partial charge in [-0.2, -0.15) is 0 Å². The van der Waals surface area contributed by atoms with E-state index in [1.54, 1.807) is 13.8 Å². The van der Waals surface area contributed by atoms with Gasteiger partial charge in [0.05, 0.1) is 54.9 Å². The molecule has 0 radical (unpaired) electrons. The second kappa shape index (κ2) is 20.5. The highest BCUT2D eigenvalue weighted by molar-refractivity contribution is 5.73. The average Bonchev–Trinajstić information content (AvgIpc) is 3.58. The maximum atomic E-state index is 12.2. The molecule has 6 aliphatic rings. The van der Waals surface area contributed by atoms with Crippen molar-refractivity contribution in [2.45, 2.75) is 230 Å². The van der Waals surface area contributed by atoms with E-state index in [2.05, 4.69) is 31.4 Å². The number of hydrogen-bond donors (Lipinski definition) is 9. The Labute approximate surface area is 390 Å². The lowest BCUT2D eigenvalue weighted by Crippen LogP contribution is -2.67. The molecule has 3 heterocycles. The fraction of sp³-hybridized carbons (Fsp3) is 0.917. The van der Waals surface area contributed by atoms with Gasteiger partial charge in [0.1, 0.15) is 48.7 Å². The number of nitrogens with one attached hydrogen (secondary N) is 2. The van der Waals surface area contributed by atoms with Gasteiger partial charge in [0.15, 0.2) is 12.6 Å². The molecule has 3 saturated carbocycles. The van der Waals surface area contributed by atoms with Crippen LogP contribution in [0.3, 0.4) is 0 Å². The number of allylic oxidation sites excluding steroid dienone is 2. The Morgan fingerprint density at radius 3 is 1.85 bits per heavy atom. The Bertz CT molecular complexity index is 1730. The first-order valence-electron chi connectivity index (χ1n) is 24.0. The molecular formula is C48H82N2O16. The molecule has 6 rings (SSSR count). The molecule has 0 aromatic carbocycles. The number of aliphatic hydroxyl groups is 7. The van der Waals surface area contributed by atoms with Crippen molar-refractivity contribution in [3.05, 3.63) is 11.1 Å². The summed E-state index contributed by atoms with van der Waals surface area (Å²) in [6.07, 6.45) is -6.55. The van der Waals surface area contributed by atoms with Gasteiger partial charge in [-0.05, 0) is 109 Å². The molecule has 0 unspecified atom stereocenters. The molecule has 3 aliphatic carbocycles. The number of fused-ring (bicyclic) bond motifs is 3. The van der Waals surface area contributed by atoms with Crippen LogP contribution in [-0.4, -0.2) is 178 Å². The lowest BCUT2D eigenvalue weighted by atomic mass is 9.51. The van der Waals surface area contributed by atoms with E-state index in [1.807, 2.05) is 13.8 Å². The van der Waals surface area contributed by atoms with Crippen LogP contribution < -0.4 is 10.6 Å². The van der Waals surface area contributed by atoms with E-state index in [9.17, 15) is 45.3 Å². The molecule has 0 bridgehead atoms. The average molecular weight is 943 g/mol. The zero-order chi connectivity index (χ0) is 48.9. The number of ether oxygens (including phenoxy) is 7. The summed E-state index contributed by atoms with van der Waals surface area (Å²) in [5.74, 6) is -0.650. The summed E-state index contributed by atoms with van der Waals surface area (Å²) < 4.78 is 42.3. The normalized spacial score (nSPS) is 44.8. The second-order valence-electron chi connectivity index (χ2n) is 22.2. The van der Waals surface area contributed by atoms with E-state index in [1.165, 1.54) is 39.2 Å². The predicted molar refractivity (Wildman–Crippen MR) is 238 cm³/mol. The van der Waals surface area contributed by atoms with Crippen molar-refractivity contribution in [3.63, 3.8) is 0 Å². The zero-order valence-electron chi connectivity index (χ0n) is 41.0. The predicted octanol–water partition coefficient (Wildman–Crippen LogP) is 1.50. The van der Waals surface area contributed by atoms with Crippen LogP contribution in [0.4, 0.5) is 0 Å². The second-order valence-corrected chi connectivity index (χ2v) is 22.2. The number of rotatable bonds is 15. The van der Waals surface area contributed by atoms with Crippen LogP contribution in [0.5, 0.6) is 0 Å². The van der Waals surface area contributed by atoms with E-state index in [0.717, 1.165) is 25.7 Å². The summed E-state index contributed by atoms with van der Waals surface area (Å²) in [6, 6.07) is -2.15. The summed E-state index contributed by atoms with van der Waals surface area (Å²) in [5, 5.41) is 84.1. The van der Waals surface area contributed by atoms with Gasteiger partial charge in [-0.3, -0.25) is 9.59 Å². The Morgan fingerprint density at radius 1 is 0.773 bits per heavy atom. The minimum atomic E-state index is -1.41. The third-order valence-electron chi connectivity index (χ3n) is 16.6. The monoisotopic (exact) mass is 943 g/mol. The maximum absolute atomic E-state index is 12.2. The fourth-order valence-electron chi connectivity index (χ4n) is 12.8. The van der Waals surface area contributed by atoms with E-state index in [-0.39, 0.29) is 36.4 Å². The van der Waals surface area contributed by atoms with Gasteiger partial charge in [-0.25, -0.2) is 0 Å². The number of carbonyl (C=O) groups excluding carboxylic acids is 2. The molecule has 6 fully saturated rings. The summed E-state index contributed by atoms with van der Waals surface area (Å²) in [5.41, 5.74) is -0.797. The number of amides is 2. The van der Waals surface area contributed by atoms with Crippen molar-refractivity contribution in [1.29, 1.82) is 0 Å². The molecule has 3 saturated heterocycles. The van der Waals surface area contributed by atoms with Gasteiger partial charge in [0.25, 0.3) is 0 Å². The van der Waals surface area contributed by atoms with E-state index < -0.39 is 120 Å². The number of carbonyl (C=O) groups is 2. The number of methoxy groups -OCH3 is 2.